The van der Waals surface area contributed by atoms with Crippen molar-refractivity contribution < 1.29 is 4.79 Å². The molecule has 0 unspecified atom stereocenters. The highest BCUT2D eigenvalue weighted by molar-refractivity contribution is 6.30. The lowest BCUT2D eigenvalue weighted by Crippen LogP contribution is -2.24. The van der Waals surface area contributed by atoms with Crippen LogP contribution in [0, 0.1) is 11.3 Å². The van der Waals surface area contributed by atoms with Crippen LogP contribution in [0.1, 0.15) is 5.56 Å². The molecule has 0 saturated heterocycles. The number of carbonyl (C=O) groups excluding carboxylic acids is 1. The second-order valence-corrected chi connectivity index (χ2v) is 3.66. The predicted molar refractivity (Wildman–Crippen MR) is 68.2 cm³/mol. The van der Waals surface area contributed by atoms with Gasteiger partial charge < -0.3 is 5.32 Å². The second kappa shape index (κ2) is 6.51. The Bertz CT molecular complexity index is 500. The summed E-state index contributed by atoms with van der Waals surface area (Å²) in [6.45, 7) is 3.81. The van der Waals surface area contributed by atoms with E-state index in [0.717, 1.165) is 0 Å². The summed E-state index contributed by atoms with van der Waals surface area (Å²) in [5, 5.41) is 12.0. The van der Waals surface area contributed by atoms with Crippen molar-refractivity contribution in [2.24, 2.45) is 0 Å². The fourth-order valence-corrected chi connectivity index (χ4v) is 1.37. The minimum atomic E-state index is -0.424. The Morgan fingerprint density at radius 1 is 1.59 bits per heavy atom. The summed E-state index contributed by atoms with van der Waals surface area (Å²) < 4.78 is 0. The molecule has 0 aliphatic rings. The molecule has 0 aliphatic carbocycles. The topological polar surface area (TPSA) is 52.9 Å². The standard InChI is InChI=1S/C13H11ClN2O/c1-2-6-16-13(17)11(9-15)7-10-4-3-5-12(14)8-10/h2-5,7-8H,1,6H2,(H,16,17)/b11-7+. The average Bonchev–Trinajstić information content (AvgIpc) is 2.33. The number of rotatable bonds is 4. The summed E-state index contributed by atoms with van der Waals surface area (Å²) in [6, 6.07) is 8.78. The highest BCUT2D eigenvalue weighted by Crippen LogP contribution is 2.13. The number of amides is 1. The van der Waals surface area contributed by atoms with E-state index in [4.69, 9.17) is 16.9 Å². The van der Waals surface area contributed by atoms with Crippen molar-refractivity contribution in [1.82, 2.24) is 5.32 Å². The Morgan fingerprint density at radius 3 is 2.94 bits per heavy atom. The number of nitrogens with zero attached hydrogens (tertiary/aromatic N) is 1. The van der Waals surface area contributed by atoms with E-state index in [-0.39, 0.29) is 5.57 Å². The SMILES string of the molecule is C=CCNC(=O)/C(C#N)=C/c1cccc(Cl)c1. The van der Waals surface area contributed by atoms with Crippen molar-refractivity contribution in [3.8, 4) is 6.07 Å². The van der Waals surface area contributed by atoms with Crippen molar-refractivity contribution >= 4 is 23.6 Å². The Morgan fingerprint density at radius 2 is 2.35 bits per heavy atom. The largest absolute Gasteiger partial charge is 0.348 e. The summed E-state index contributed by atoms with van der Waals surface area (Å²) in [4.78, 5) is 11.5. The van der Waals surface area contributed by atoms with Crippen LogP contribution in [0.4, 0.5) is 0 Å². The monoisotopic (exact) mass is 246 g/mol. The minimum absolute atomic E-state index is 0.0362. The van der Waals surface area contributed by atoms with Gasteiger partial charge in [0.2, 0.25) is 0 Å². The third-order valence-corrected chi connectivity index (χ3v) is 2.17. The molecule has 1 N–H and O–H groups in total. The normalized spacial score (nSPS) is 10.5. The number of hydrogen-bond acceptors (Lipinski definition) is 2. The maximum absolute atomic E-state index is 11.5. The van der Waals surface area contributed by atoms with E-state index >= 15 is 0 Å². The number of halogens is 1. The molecular weight excluding hydrogens is 236 g/mol. The van der Waals surface area contributed by atoms with E-state index < -0.39 is 5.91 Å². The van der Waals surface area contributed by atoms with E-state index in [2.05, 4.69) is 11.9 Å². The molecule has 1 amide bonds. The molecule has 0 saturated carbocycles. The zero-order valence-corrected chi connectivity index (χ0v) is 9.87. The Kier molecular flexibility index (Phi) is 4.99. The van der Waals surface area contributed by atoms with Gasteiger partial charge in [0.15, 0.2) is 0 Å². The molecule has 0 atom stereocenters. The first-order valence-corrected chi connectivity index (χ1v) is 5.31. The third kappa shape index (κ3) is 4.13. The van der Waals surface area contributed by atoms with Gasteiger partial charge in [-0.15, -0.1) is 6.58 Å². The fourth-order valence-electron chi connectivity index (χ4n) is 1.17. The van der Waals surface area contributed by atoms with Gasteiger partial charge in [-0.05, 0) is 23.8 Å². The third-order valence-electron chi connectivity index (χ3n) is 1.93. The first kappa shape index (κ1) is 13.0. The van der Waals surface area contributed by atoms with Crippen LogP contribution < -0.4 is 5.32 Å². The molecule has 17 heavy (non-hydrogen) atoms. The van der Waals surface area contributed by atoms with Crippen LogP contribution >= 0.6 is 11.6 Å². The summed E-state index contributed by atoms with van der Waals surface area (Å²) >= 11 is 5.81. The van der Waals surface area contributed by atoms with E-state index in [1.54, 1.807) is 30.3 Å². The Hall–Kier alpha value is -2.05. The van der Waals surface area contributed by atoms with Gasteiger partial charge in [-0.2, -0.15) is 5.26 Å². The number of nitrogens with one attached hydrogen (secondary N) is 1. The molecule has 0 bridgehead atoms. The van der Waals surface area contributed by atoms with E-state index in [1.165, 1.54) is 6.08 Å². The molecule has 0 aliphatic heterocycles. The molecule has 1 aromatic carbocycles. The maximum atomic E-state index is 11.5. The lowest BCUT2D eigenvalue weighted by atomic mass is 10.1. The summed E-state index contributed by atoms with van der Waals surface area (Å²) in [5.41, 5.74) is 0.747. The molecule has 0 heterocycles. The van der Waals surface area contributed by atoms with Crippen molar-refractivity contribution in [3.05, 3.63) is 53.1 Å². The molecule has 0 radical (unpaired) electrons. The lowest BCUT2D eigenvalue weighted by molar-refractivity contribution is -0.116. The van der Waals surface area contributed by atoms with Crippen LogP contribution in [-0.2, 0) is 4.79 Å². The van der Waals surface area contributed by atoms with Crippen LogP contribution in [0.5, 0.6) is 0 Å². The van der Waals surface area contributed by atoms with Crippen LogP contribution in [0.2, 0.25) is 5.02 Å². The van der Waals surface area contributed by atoms with E-state index in [1.807, 2.05) is 6.07 Å². The van der Waals surface area contributed by atoms with Gasteiger partial charge in [0.1, 0.15) is 11.6 Å². The number of nitriles is 1. The van der Waals surface area contributed by atoms with Gasteiger partial charge in [-0.1, -0.05) is 29.8 Å². The molecule has 0 aromatic heterocycles. The van der Waals surface area contributed by atoms with Gasteiger partial charge >= 0.3 is 0 Å². The van der Waals surface area contributed by atoms with E-state index in [0.29, 0.717) is 17.1 Å². The van der Waals surface area contributed by atoms with Crippen molar-refractivity contribution in [3.63, 3.8) is 0 Å². The molecule has 1 aromatic rings. The van der Waals surface area contributed by atoms with Gasteiger partial charge in [-0.25, -0.2) is 0 Å². The Labute approximate surface area is 105 Å². The quantitative estimate of drug-likeness (QED) is 0.504. The molecule has 86 valence electrons. The second-order valence-electron chi connectivity index (χ2n) is 3.22. The molecule has 0 fully saturated rings. The molecular formula is C13H11ClN2O. The summed E-state index contributed by atoms with van der Waals surface area (Å²) in [5.74, 6) is -0.424. The number of carbonyl (C=O) groups is 1. The predicted octanol–water partition coefficient (Wildman–Crippen LogP) is 2.55. The fraction of sp³-hybridized carbons (Fsp3) is 0.0769. The first-order chi connectivity index (χ1) is 8.17. The highest BCUT2D eigenvalue weighted by atomic mass is 35.5. The van der Waals surface area contributed by atoms with Gasteiger partial charge in [0, 0.05) is 11.6 Å². The molecule has 0 spiro atoms. The number of benzene rings is 1. The first-order valence-electron chi connectivity index (χ1n) is 4.94. The highest BCUT2D eigenvalue weighted by Gasteiger charge is 2.07. The van der Waals surface area contributed by atoms with Crippen molar-refractivity contribution in [1.29, 1.82) is 5.26 Å². The zero-order chi connectivity index (χ0) is 12.7. The van der Waals surface area contributed by atoms with Crippen molar-refractivity contribution in [2.75, 3.05) is 6.54 Å². The smallest absolute Gasteiger partial charge is 0.262 e. The Balaban J connectivity index is 2.91. The molecule has 4 heteroatoms. The van der Waals surface area contributed by atoms with Gasteiger partial charge in [0.25, 0.3) is 5.91 Å². The number of hydrogen-bond donors (Lipinski definition) is 1. The van der Waals surface area contributed by atoms with E-state index in [9.17, 15) is 4.79 Å². The zero-order valence-electron chi connectivity index (χ0n) is 9.11. The van der Waals surface area contributed by atoms with Gasteiger partial charge in [-0.3, -0.25) is 4.79 Å². The molecule has 1 rings (SSSR count). The average molecular weight is 247 g/mol. The van der Waals surface area contributed by atoms with Crippen LogP contribution in [0.25, 0.3) is 6.08 Å². The van der Waals surface area contributed by atoms with Crippen LogP contribution in [0.3, 0.4) is 0 Å². The van der Waals surface area contributed by atoms with Gasteiger partial charge in [0.05, 0.1) is 0 Å². The molecule has 3 nitrogen and oxygen atoms in total. The summed E-state index contributed by atoms with van der Waals surface area (Å²) in [7, 11) is 0. The maximum Gasteiger partial charge on any atom is 0.262 e. The van der Waals surface area contributed by atoms with Crippen molar-refractivity contribution in [2.45, 2.75) is 0 Å². The van der Waals surface area contributed by atoms with Crippen LogP contribution in [0.15, 0.2) is 42.5 Å². The van der Waals surface area contributed by atoms with Crippen LogP contribution in [-0.4, -0.2) is 12.5 Å². The minimum Gasteiger partial charge on any atom is -0.348 e. The lowest BCUT2D eigenvalue weighted by Gasteiger charge is -2.00. The summed E-state index contributed by atoms with van der Waals surface area (Å²) in [6.07, 6.45) is 3.04.